The van der Waals surface area contributed by atoms with E-state index in [0.717, 1.165) is 12.8 Å². The Hall–Kier alpha value is -1.39. The van der Waals surface area contributed by atoms with Gasteiger partial charge in [0.05, 0.1) is 12.1 Å². The first kappa shape index (κ1) is 12.6. The fourth-order valence-electron chi connectivity index (χ4n) is 1.99. The molecule has 0 bridgehead atoms. The summed E-state index contributed by atoms with van der Waals surface area (Å²) >= 11 is 7.43. The van der Waals surface area contributed by atoms with Crippen LogP contribution in [-0.2, 0) is 6.54 Å². The highest BCUT2D eigenvalue weighted by molar-refractivity contribution is 7.09. The third-order valence-electron chi connectivity index (χ3n) is 3.13. The van der Waals surface area contributed by atoms with Crippen LogP contribution >= 0.6 is 22.9 Å². The minimum atomic E-state index is 0.0417. The zero-order chi connectivity index (χ0) is 13.2. The van der Waals surface area contributed by atoms with Gasteiger partial charge in [0.2, 0.25) is 0 Å². The zero-order valence-electron chi connectivity index (χ0n) is 10.3. The lowest BCUT2D eigenvalue weighted by Gasteiger charge is -2.21. The smallest absolute Gasteiger partial charge is 0.255 e. The summed E-state index contributed by atoms with van der Waals surface area (Å²) in [5, 5.41) is 2.45. The van der Waals surface area contributed by atoms with E-state index in [-0.39, 0.29) is 5.91 Å². The van der Waals surface area contributed by atoms with E-state index in [4.69, 9.17) is 11.6 Å². The highest BCUT2D eigenvalue weighted by Crippen LogP contribution is 2.30. The summed E-state index contributed by atoms with van der Waals surface area (Å²) < 4.78 is 0. The summed E-state index contributed by atoms with van der Waals surface area (Å²) in [6.45, 7) is 0.684. The Morgan fingerprint density at radius 1 is 1.42 bits per heavy atom. The minimum Gasteiger partial charge on any atom is -0.330 e. The lowest BCUT2D eigenvalue weighted by molar-refractivity contribution is 0.0731. The second kappa shape index (κ2) is 5.31. The van der Waals surface area contributed by atoms with Crippen LogP contribution in [0.3, 0.4) is 0 Å². The second-order valence-electron chi connectivity index (χ2n) is 4.61. The van der Waals surface area contributed by atoms with E-state index in [1.54, 1.807) is 29.7 Å². The summed E-state index contributed by atoms with van der Waals surface area (Å²) in [7, 11) is 0. The number of carbonyl (C=O) groups excluding carboxylic acids is 1. The third kappa shape index (κ3) is 2.96. The predicted molar refractivity (Wildman–Crippen MR) is 76.5 cm³/mol. The van der Waals surface area contributed by atoms with E-state index < -0.39 is 0 Å². The number of halogens is 1. The van der Waals surface area contributed by atoms with Gasteiger partial charge in [-0.3, -0.25) is 4.79 Å². The van der Waals surface area contributed by atoms with Gasteiger partial charge in [-0.1, -0.05) is 17.7 Å². The standard InChI is InChI=1S/C14H13ClN2OS/c15-13-6-3-10(8-16-13)14(18)17(11-4-5-11)9-12-2-1-7-19-12/h1-3,6-8,11H,4-5,9H2. The topological polar surface area (TPSA) is 33.2 Å². The Morgan fingerprint density at radius 3 is 2.84 bits per heavy atom. The molecular weight excluding hydrogens is 280 g/mol. The van der Waals surface area contributed by atoms with E-state index >= 15 is 0 Å². The molecule has 2 aromatic rings. The third-order valence-corrected chi connectivity index (χ3v) is 4.21. The molecule has 98 valence electrons. The van der Waals surface area contributed by atoms with Crippen molar-refractivity contribution in [3.05, 3.63) is 51.4 Å². The van der Waals surface area contributed by atoms with Gasteiger partial charge in [-0.2, -0.15) is 0 Å². The molecular formula is C14H13ClN2OS. The number of nitrogens with zero attached hydrogens (tertiary/aromatic N) is 2. The van der Waals surface area contributed by atoms with Crippen molar-refractivity contribution in [2.75, 3.05) is 0 Å². The van der Waals surface area contributed by atoms with Gasteiger partial charge in [0, 0.05) is 17.1 Å². The molecule has 1 saturated carbocycles. The van der Waals surface area contributed by atoms with Crippen LogP contribution in [0.15, 0.2) is 35.8 Å². The van der Waals surface area contributed by atoms with Crippen molar-refractivity contribution < 1.29 is 4.79 Å². The largest absolute Gasteiger partial charge is 0.330 e. The van der Waals surface area contributed by atoms with Gasteiger partial charge < -0.3 is 4.90 Å². The number of aromatic nitrogens is 1. The summed E-state index contributed by atoms with van der Waals surface area (Å²) in [4.78, 5) is 19.6. The molecule has 0 radical (unpaired) electrons. The fourth-order valence-corrected chi connectivity index (χ4v) is 2.81. The number of hydrogen-bond donors (Lipinski definition) is 0. The van der Waals surface area contributed by atoms with Gasteiger partial charge in [-0.25, -0.2) is 4.98 Å². The van der Waals surface area contributed by atoms with Crippen LogP contribution in [0.2, 0.25) is 5.15 Å². The molecule has 0 atom stereocenters. The average molecular weight is 293 g/mol. The maximum Gasteiger partial charge on any atom is 0.255 e. The number of thiophene rings is 1. The molecule has 0 aliphatic heterocycles. The molecule has 3 nitrogen and oxygen atoms in total. The lowest BCUT2D eigenvalue weighted by Crippen LogP contribution is -2.32. The van der Waals surface area contributed by atoms with Crippen molar-refractivity contribution in [3.8, 4) is 0 Å². The Morgan fingerprint density at radius 2 is 2.26 bits per heavy atom. The Balaban J connectivity index is 1.79. The van der Waals surface area contributed by atoms with E-state index in [2.05, 4.69) is 11.1 Å². The summed E-state index contributed by atoms with van der Waals surface area (Å²) in [5.41, 5.74) is 0.604. The van der Waals surface area contributed by atoms with Crippen LogP contribution < -0.4 is 0 Å². The quantitative estimate of drug-likeness (QED) is 0.807. The molecule has 0 aromatic carbocycles. The average Bonchev–Trinajstić information content (AvgIpc) is 3.13. The van der Waals surface area contributed by atoms with Crippen LogP contribution in [-0.4, -0.2) is 21.8 Å². The molecule has 1 aliphatic rings. The van der Waals surface area contributed by atoms with Crippen molar-refractivity contribution in [1.29, 1.82) is 0 Å². The van der Waals surface area contributed by atoms with Crippen molar-refractivity contribution in [1.82, 2.24) is 9.88 Å². The van der Waals surface area contributed by atoms with Gasteiger partial charge in [-0.05, 0) is 36.4 Å². The molecule has 0 unspecified atom stereocenters. The molecule has 0 saturated heterocycles. The number of amides is 1. The van der Waals surface area contributed by atoms with Crippen LogP contribution in [0, 0.1) is 0 Å². The SMILES string of the molecule is O=C(c1ccc(Cl)nc1)N(Cc1cccs1)C1CC1. The number of carbonyl (C=O) groups is 1. The van der Waals surface area contributed by atoms with Crippen molar-refractivity contribution in [2.24, 2.45) is 0 Å². The van der Waals surface area contributed by atoms with Crippen LogP contribution in [0.5, 0.6) is 0 Å². The maximum atomic E-state index is 12.5. The normalized spacial score (nSPS) is 14.4. The van der Waals surface area contributed by atoms with Gasteiger partial charge in [0.1, 0.15) is 5.15 Å². The molecule has 0 spiro atoms. The molecule has 19 heavy (non-hydrogen) atoms. The monoisotopic (exact) mass is 292 g/mol. The molecule has 1 aliphatic carbocycles. The first-order valence-electron chi connectivity index (χ1n) is 6.19. The molecule has 5 heteroatoms. The molecule has 2 aromatic heterocycles. The Kier molecular flexibility index (Phi) is 3.53. The van der Waals surface area contributed by atoms with Crippen molar-refractivity contribution in [3.63, 3.8) is 0 Å². The van der Waals surface area contributed by atoms with Gasteiger partial charge in [0.15, 0.2) is 0 Å². The Labute approximate surface area is 120 Å². The van der Waals surface area contributed by atoms with Crippen LogP contribution in [0.1, 0.15) is 28.1 Å². The van der Waals surface area contributed by atoms with Gasteiger partial charge in [0.25, 0.3) is 5.91 Å². The van der Waals surface area contributed by atoms with E-state index in [1.807, 2.05) is 16.3 Å². The highest BCUT2D eigenvalue weighted by atomic mass is 35.5. The molecule has 1 fully saturated rings. The van der Waals surface area contributed by atoms with Gasteiger partial charge in [-0.15, -0.1) is 11.3 Å². The molecule has 0 N–H and O–H groups in total. The van der Waals surface area contributed by atoms with E-state index in [1.165, 1.54) is 4.88 Å². The maximum absolute atomic E-state index is 12.5. The van der Waals surface area contributed by atoms with Crippen molar-refractivity contribution in [2.45, 2.75) is 25.4 Å². The zero-order valence-corrected chi connectivity index (χ0v) is 11.8. The first-order valence-corrected chi connectivity index (χ1v) is 7.45. The summed E-state index contributed by atoms with van der Waals surface area (Å²) in [6.07, 6.45) is 3.74. The predicted octanol–water partition coefficient (Wildman–Crippen LogP) is 3.60. The first-order chi connectivity index (χ1) is 9.24. The van der Waals surface area contributed by atoms with Crippen molar-refractivity contribution >= 4 is 28.8 Å². The van der Waals surface area contributed by atoms with Crippen LogP contribution in [0.4, 0.5) is 0 Å². The fraction of sp³-hybridized carbons (Fsp3) is 0.286. The number of hydrogen-bond acceptors (Lipinski definition) is 3. The number of pyridine rings is 1. The molecule has 2 heterocycles. The Bertz CT molecular complexity index is 564. The lowest BCUT2D eigenvalue weighted by atomic mass is 10.2. The highest BCUT2D eigenvalue weighted by Gasteiger charge is 2.33. The van der Waals surface area contributed by atoms with Crippen LogP contribution in [0.25, 0.3) is 0 Å². The van der Waals surface area contributed by atoms with E-state index in [0.29, 0.717) is 23.3 Å². The minimum absolute atomic E-state index is 0.0417. The number of rotatable bonds is 4. The molecule has 3 rings (SSSR count). The molecule has 1 amide bonds. The summed E-state index contributed by atoms with van der Waals surface area (Å²) in [5.74, 6) is 0.0417. The second-order valence-corrected chi connectivity index (χ2v) is 6.03. The summed E-state index contributed by atoms with van der Waals surface area (Å²) in [6, 6.07) is 7.85. The van der Waals surface area contributed by atoms with Gasteiger partial charge >= 0.3 is 0 Å². The van der Waals surface area contributed by atoms with E-state index in [9.17, 15) is 4.79 Å².